The molecule has 392 valence electrons. The molecular weight excluding hydrogens is 945 g/mol. The molecule has 17 heteroatoms. The van der Waals surface area contributed by atoms with Crippen molar-refractivity contribution < 1.29 is 59.6 Å². The van der Waals surface area contributed by atoms with Gasteiger partial charge < -0.3 is 45.2 Å². The van der Waals surface area contributed by atoms with Crippen LogP contribution >= 0.6 is 0 Å². The lowest BCUT2D eigenvalue weighted by Crippen LogP contribution is -2.82. The highest BCUT2D eigenvalue weighted by atomic mass is 28.4. The third-order valence-electron chi connectivity index (χ3n) is 17.0. The van der Waals surface area contributed by atoms with Gasteiger partial charge in [0.2, 0.25) is 5.78 Å². The molecule has 3 fully saturated rings. The lowest BCUT2D eigenvalue weighted by atomic mass is 9.45. The summed E-state index contributed by atoms with van der Waals surface area (Å²) in [6.45, 7) is 39.2. The number of ether oxygens (including phenoxy) is 3. The lowest BCUT2D eigenvalue weighted by Gasteiger charge is -2.69. The molecule has 2 saturated carbocycles. The minimum Gasteiger partial charge on any atom is -0.517 e. The monoisotopic (exact) mass is 1030 g/mol. The third-order valence-corrected chi connectivity index (χ3v) is 31.3. The van der Waals surface area contributed by atoms with Crippen LogP contribution in [0.4, 0.5) is 0 Å². The Balaban J connectivity index is 2.11. The second-order valence-electron chi connectivity index (χ2n) is 23.4. The maximum absolute atomic E-state index is 17.4. The van der Waals surface area contributed by atoms with Gasteiger partial charge in [-0.25, -0.2) is 4.79 Å². The molecule has 69 heavy (non-hydrogen) atoms. The van der Waals surface area contributed by atoms with Gasteiger partial charge in [0.1, 0.15) is 23.6 Å². The van der Waals surface area contributed by atoms with Crippen LogP contribution in [0.2, 0.25) is 46.3 Å². The Kier molecular flexibility index (Phi) is 17.7. The van der Waals surface area contributed by atoms with Crippen molar-refractivity contribution in [3.63, 3.8) is 0 Å². The quantitative estimate of drug-likeness (QED) is 0.0903. The van der Waals surface area contributed by atoms with Crippen molar-refractivity contribution >= 4 is 52.4 Å². The molecule has 2 unspecified atom stereocenters. The predicted octanol–water partition coefficient (Wildman–Crippen LogP) is 11.1. The van der Waals surface area contributed by atoms with Crippen molar-refractivity contribution in [2.75, 3.05) is 27.9 Å². The first kappa shape index (κ1) is 57.9. The SMILES string of the molecule is CO[Si](OC1=C2C(C)[C@@H](O[Si](OC)(C(C)C)C(C)C)C[C@@](O[SiH](C)C)([C@@H](OC(=O)c3ccccc3)C3[C@](C)(C1=O)[C@@H](O[Si](OC)(C(C)C)C(C)C)C[C@H]1OC[C@@]31OC(C)=O)C2(C)C)(C(C)C)C(C)C. The molecule has 13 nitrogen and oxygen atoms in total. The Morgan fingerprint density at radius 1 is 0.754 bits per heavy atom. The molecule has 9 atom stereocenters. The highest BCUT2D eigenvalue weighted by Gasteiger charge is 2.79. The number of esters is 2. The third kappa shape index (κ3) is 9.34. The highest BCUT2D eigenvalue weighted by molar-refractivity contribution is 6.71. The number of rotatable bonds is 20. The fourth-order valence-electron chi connectivity index (χ4n) is 13.6. The van der Waals surface area contributed by atoms with Gasteiger partial charge in [-0.2, -0.15) is 0 Å². The van der Waals surface area contributed by atoms with Crippen LogP contribution in [-0.2, 0) is 54.8 Å². The zero-order valence-corrected chi connectivity index (χ0v) is 50.5. The number of Topliss-reactive ketones (excluding diaryl/α,β-unsaturated/α-hetero) is 1. The molecule has 1 aromatic rings. The van der Waals surface area contributed by atoms with Gasteiger partial charge in [-0.3, -0.25) is 9.59 Å². The number of hydrogen-bond donors (Lipinski definition) is 0. The molecule has 3 aliphatic carbocycles. The van der Waals surface area contributed by atoms with E-state index >= 15 is 9.59 Å². The van der Waals surface area contributed by atoms with Crippen molar-refractivity contribution in [3.8, 4) is 0 Å². The topological polar surface area (TPSA) is 144 Å². The Morgan fingerprint density at radius 3 is 1.67 bits per heavy atom. The first-order valence-electron chi connectivity index (χ1n) is 25.7. The number of ketones is 1. The molecule has 0 amide bonds. The molecule has 1 aromatic carbocycles. The van der Waals surface area contributed by atoms with E-state index in [1.54, 1.807) is 45.6 Å². The van der Waals surface area contributed by atoms with Crippen LogP contribution in [0, 0.1) is 22.7 Å². The van der Waals surface area contributed by atoms with Crippen molar-refractivity contribution in [1.29, 1.82) is 0 Å². The molecule has 1 saturated heterocycles. The Morgan fingerprint density at radius 2 is 1.25 bits per heavy atom. The minimum atomic E-state index is -3.38. The van der Waals surface area contributed by atoms with E-state index in [1.807, 2.05) is 13.0 Å². The van der Waals surface area contributed by atoms with Crippen molar-refractivity contribution in [2.24, 2.45) is 22.7 Å². The highest BCUT2D eigenvalue weighted by Crippen LogP contribution is 2.67. The number of hydrogen-bond acceptors (Lipinski definition) is 13. The van der Waals surface area contributed by atoms with Gasteiger partial charge in [-0.1, -0.05) is 122 Å². The van der Waals surface area contributed by atoms with Crippen LogP contribution < -0.4 is 0 Å². The normalized spacial score (nSPS) is 30.7. The summed E-state index contributed by atoms with van der Waals surface area (Å²) in [5.74, 6) is -2.86. The smallest absolute Gasteiger partial charge is 0.403 e. The van der Waals surface area contributed by atoms with E-state index in [4.69, 9.17) is 45.2 Å². The molecule has 0 radical (unpaired) electrons. The lowest BCUT2D eigenvalue weighted by molar-refractivity contribution is -0.343. The van der Waals surface area contributed by atoms with Crippen LogP contribution in [0.5, 0.6) is 0 Å². The van der Waals surface area contributed by atoms with E-state index in [-0.39, 0.29) is 64.2 Å². The number of allylic oxidation sites excluding steroid dienone is 1. The summed E-state index contributed by atoms with van der Waals surface area (Å²) in [6.07, 6.45) is -3.09. The van der Waals surface area contributed by atoms with Crippen LogP contribution in [0.15, 0.2) is 41.7 Å². The summed E-state index contributed by atoms with van der Waals surface area (Å²) in [6, 6.07) is 8.89. The van der Waals surface area contributed by atoms with Gasteiger partial charge in [0, 0.05) is 63.5 Å². The molecule has 0 spiro atoms. The molecule has 1 heterocycles. The summed E-state index contributed by atoms with van der Waals surface area (Å²) in [4.78, 5) is 46.5. The summed E-state index contributed by atoms with van der Waals surface area (Å²) >= 11 is 0. The summed E-state index contributed by atoms with van der Waals surface area (Å²) < 4.78 is 71.3. The average Bonchev–Trinajstić information content (AvgIpc) is 3.25. The zero-order valence-electron chi connectivity index (χ0n) is 46.3. The van der Waals surface area contributed by atoms with E-state index in [2.05, 4.69) is 117 Å². The van der Waals surface area contributed by atoms with E-state index in [1.165, 1.54) is 6.92 Å². The van der Waals surface area contributed by atoms with Crippen LogP contribution in [0.1, 0.15) is 141 Å². The van der Waals surface area contributed by atoms with Gasteiger partial charge in [0.05, 0.1) is 35.7 Å². The Bertz CT molecular complexity index is 2000. The summed E-state index contributed by atoms with van der Waals surface area (Å²) in [7, 11) is -6.75. The standard InChI is InChI=1S/C52H90O13Si4/c1-31(2)67(56-18,32(3)4)62-40-29-52(65-66(21)22)47(60-48(55)39-26-24-23-25-27-39)45-50(17,46(54)44(43(37(40)13)49(52,15)16)64-69(58-20,35(9)10)36(11)12)41(63-68(57-19,33(5)6)34(7)8)28-42-51(45,30-59-42)61-38(14)53/h23-27,31-37,40-42,45,47,66H,28-30H2,1-22H3/t37?,40-,41-,42+,45?,47-,50+,51-,52+/m0/s1. The molecule has 1 aliphatic heterocycles. The fraction of sp³-hybridized carbons (Fsp3) is 0.788. The van der Waals surface area contributed by atoms with E-state index < -0.39 is 105 Å². The van der Waals surface area contributed by atoms with Crippen LogP contribution in [-0.4, -0.2) is 116 Å². The maximum Gasteiger partial charge on any atom is 0.403 e. The second kappa shape index (κ2) is 21.1. The molecule has 4 aliphatic rings. The van der Waals surface area contributed by atoms with Crippen molar-refractivity contribution in [1.82, 2.24) is 0 Å². The first-order chi connectivity index (χ1) is 31.9. The van der Waals surface area contributed by atoms with Crippen LogP contribution in [0.3, 0.4) is 0 Å². The van der Waals surface area contributed by atoms with Gasteiger partial charge >= 0.3 is 37.6 Å². The molecule has 0 aromatic heterocycles. The van der Waals surface area contributed by atoms with Gasteiger partial charge in [-0.05, 0) is 59.9 Å². The maximum atomic E-state index is 17.4. The van der Waals surface area contributed by atoms with E-state index in [0.717, 1.165) is 0 Å². The molecule has 5 rings (SSSR count). The van der Waals surface area contributed by atoms with Gasteiger partial charge in [0.15, 0.2) is 14.6 Å². The minimum absolute atomic E-state index is 0.0334. The van der Waals surface area contributed by atoms with E-state index in [9.17, 15) is 4.79 Å². The Labute approximate surface area is 420 Å². The summed E-state index contributed by atoms with van der Waals surface area (Å²) in [5, 5.41) is 0. The Hall–Kier alpha value is -2.04. The van der Waals surface area contributed by atoms with E-state index in [0.29, 0.717) is 11.1 Å². The summed E-state index contributed by atoms with van der Waals surface area (Å²) in [5.41, 5.74) is -4.87. The number of fused-ring (bicyclic) bond motifs is 5. The van der Waals surface area contributed by atoms with Crippen molar-refractivity contribution in [2.45, 2.75) is 213 Å². The van der Waals surface area contributed by atoms with Crippen LogP contribution in [0.25, 0.3) is 0 Å². The first-order valence-corrected chi connectivity index (χ1v) is 34.4. The number of carbonyl (C=O) groups is 3. The number of benzene rings is 1. The molecular formula is C52H90O13Si4. The van der Waals surface area contributed by atoms with Gasteiger partial charge in [-0.15, -0.1) is 0 Å². The molecule has 2 bridgehead atoms. The number of carbonyl (C=O) groups excluding carboxylic acids is 3. The van der Waals surface area contributed by atoms with Gasteiger partial charge in [0.25, 0.3) is 0 Å². The van der Waals surface area contributed by atoms with Crippen molar-refractivity contribution in [3.05, 3.63) is 47.2 Å². The molecule has 0 N–H and O–H groups in total. The zero-order chi connectivity index (χ0) is 52.2. The average molecular weight is 1040 g/mol. The largest absolute Gasteiger partial charge is 0.517 e. The predicted molar refractivity (Wildman–Crippen MR) is 278 cm³/mol. The fourth-order valence-corrected chi connectivity index (χ4v) is 25.7. The second-order valence-corrected chi connectivity index (χ2v) is 38.8.